The quantitative estimate of drug-likeness (QED) is 0.460. The molecule has 9 heteroatoms. The largest absolute Gasteiger partial charge is 0.466 e. The molecule has 0 saturated carbocycles. The lowest BCUT2D eigenvalue weighted by molar-refractivity contribution is -0.385. The molecule has 1 aliphatic rings. The Labute approximate surface area is 137 Å². The van der Waals surface area contributed by atoms with Crippen LogP contribution in [0.4, 0.5) is 11.4 Å². The molecule has 0 N–H and O–H groups in total. The third kappa shape index (κ3) is 3.20. The molecule has 24 heavy (non-hydrogen) atoms. The van der Waals surface area contributed by atoms with Crippen molar-refractivity contribution in [1.29, 1.82) is 0 Å². The molecule has 1 aromatic rings. The van der Waals surface area contributed by atoms with Gasteiger partial charge in [0.05, 0.1) is 37.0 Å². The second-order valence-electron chi connectivity index (χ2n) is 4.94. The number of benzene rings is 1. The minimum Gasteiger partial charge on any atom is -0.466 e. The maximum absolute atomic E-state index is 12.1. The first-order valence-corrected chi connectivity index (χ1v) is 6.90. The highest BCUT2D eigenvalue weighted by Gasteiger charge is 2.33. The topological polar surface area (TPSA) is 108 Å². The summed E-state index contributed by atoms with van der Waals surface area (Å²) in [5.41, 5.74) is 0.613. The van der Waals surface area contributed by atoms with Crippen LogP contribution in [-0.2, 0) is 23.8 Å². The van der Waals surface area contributed by atoms with E-state index in [1.54, 1.807) is 19.1 Å². The lowest BCUT2D eigenvalue weighted by Crippen LogP contribution is -2.38. The van der Waals surface area contributed by atoms with Crippen molar-refractivity contribution in [2.75, 3.05) is 32.5 Å². The Balaban J connectivity index is 2.59. The van der Waals surface area contributed by atoms with Gasteiger partial charge in [-0.25, -0.2) is 9.59 Å². The molecule has 0 amide bonds. The normalized spacial score (nSPS) is 14.4. The van der Waals surface area contributed by atoms with Gasteiger partial charge >= 0.3 is 11.9 Å². The van der Waals surface area contributed by atoms with Gasteiger partial charge in [-0.05, 0) is 13.0 Å². The Morgan fingerprint density at radius 2 is 1.92 bits per heavy atom. The highest BCUT2D eigenvalue weighted by Crippen LogP contribution is 2.30. The van der Waals surface area contributed by atoms with Crippen LogP contribution < -0.4 is 4.90 Å². The summed E-state index contributed by atoms with van der Waals surface area (Å²) in [6.45, 7) is 1.41. The molecular formula is C15H16N2O7. The van der Waals surface area contributed by atoms with Crippen molar-refractivity contribution in [2.24, 2.45) is 0 Å². The summed E-state index contributed by atoms with van der Waals surface area (Å²) in [5.74, 6) is -1.50. The molecule has 2 rings (SSSR count). The number of methoxy groups -OCH3 is 2. The Morgan fingerprint density at radius 1 is 1.25 bits per heavy atom. The zero-order valence-electron chi connectivity index (χ0n) is 13.4. The van der Waals surface area contributed by atoms with Crippen LogP contribution in [0.1, 0.15) is 5.56 Å². The first-order chi connectivity index (χ1) is 11.4. The maximum Gasteiger partial charge on any atom is 0.355 e. The molecule has 0 aliphatic carbocycles. The molecule has 128 valence electrons. The summed E-state index contributed by atoms with van der Waals surface area (Å²) in [6.07, 6.45) is 0. The number of nitro groups is 1. The summed E-state index contributed by atoms with van der Waals surface area (Å²) >= 11 is 0. The van der Waals surface area contributed by atoms with E-state index in [1.165, 1.54) is 25.2 Å². The van der Waals surface area contributed by atoms with E-state index in [0.717, 1.165) is 0 Å². The number of hydrogen-bond acceptors (Lipinski definition) is 8. The van der Waals surface area contributed by atoms with E-state index < -0.39 is 16.9 Å². The van der Waals surface area contributed by atoms with E-state index in [2.05, 4.69) is 4.74 Å². The van der Waals surface area contributed by atoms with Gasteiger partial charge < -0.3 is 19.1 Å². The lowest BCUT2D eigenvalue weighted by atomic mass is 10.1. The minimum absolute atomic E-state index is 0.0150. The third-order valence-corrected chi connectivity index (χ3v) is 3.53. The minimum atomic E-state index is -0.762. The molecule has 9 nitrogen and oxygen atoms in total. The molecule has 0 spiro atoms. The maximum atomic E-state index is 12.1. The molecule has 1 aromatic carbocycles. The first kappa shape index (κ1) is 17.4. The zero-order valence-corrected chi connectivity index (χ0v) is 13.4. The number of carbonyl (C=O) groups is 2. The van der Waals surface area contributed by atoms with Crippen molar-refractivity contribution < 1.29 is 28.7 Å². The summed E-state index contributed by atoms with van der Waals surface area (Å²) < 4.78 is 14.7. The second-order valence-corrected chi connectivity index (χ2v) is 4.94. The van der Waals surface area contributed by atoms with Crippen LogP contribution in [0.2, 0.25) is 0 Å². The highest BCUT2D eigenvalue weighted by molar-refractivity contribution is 6.03. The van der Waals surface area contributed by atoms with Crippen molar-refractivity contribution in [3.05, 3.63) is 45.1 Å². The Morgan fingerprint density at radius 3 is 2.50 bits per heavy atom. The molecule has 0 unspecified atom stereocenters. The smallest absolute Gasteiger partial charge is 0.355 e. The van der Waals surface area contributed by atoms with E-state index >= 15 is 0 Å². The van der Waals surface area contributed by atoms with Gasteiger partial charge in [-0.1, -0.05) is 6.07 Å². The fourth-order valence-corrected chi connectivity index (χ4v) is 2.31. The van der Waals surface area contributed by atoms with Gasteiger partial charge in [0, 0.05) is 11.6 Å². The number of anilines is 1. The van der Waals surface area contributed by atoms with Crippen LogP contribution in [0.5, 0.6) is 0 Å². The standard InChI is InChI=1S/C15H16N2O7/c1-9-4-5-10(6-12(9)17(20)21)16-8-24-7-11(14(18)22-2)13(16)15(19)23-3/h4-6H,7-8H2,1-3H3. The molecule has 0 fully saturated rings. The van der Waals surface area contributed by atoms with E-state index in [9.17, 15) is 19.7 Å². The van der Waals surface area contributed by atoms with Gasteiger partial charge in [-0.15, -0.1) is 0 Å². The van der Waals surface area contributed by atoms with E-state index in [1.807, 2.05) is 0 Å². The molecule has 0 bridgehead atoms. The Kier molecular flexibility index (Phi) is 5.14. The number of nitro benzene ring substituents is 1. The highest BCUT2D eigenvalue weighted by atomic mass is 16.6. The van der Waals surface area contributed by atoms with Crippen LogP contribution in [-0.4, -0.2) is 44.4 Å². The first-order valence-electron chi connectivity index (χ1n) is 6.90. The number of aryl methyl sites for hydroxylation is 1. The van der Waals surface area contributed by atoms with Gasteiger partial charge in [0.25, 0.3) is 5.69 Å². The monoisotopic (exact) mass is 336 g/mol. The van der Waals surface area contributed by atoms with Crippen LogP contribution >= 0.6 is 0 Å². The van der Waals surface area contributed by atoms with Gasteiger partial charge in [0.1, 0.15) is 12.4 Å². The van der Waals surface area contributed by atoms with Gasteiger partial charge in [0.15, 0.2) is 0 Å². The van der Waals surface area contributed by atoms with Crippen LogP contribution in [0.25, 0.3) is 0 Å². The molecule has 1 heterocycles. The Hall–Kier alpha value is -2.94. The second kappa shape index (κ2) is 7.09. The predicted octanol–water partition coefficient (Wildman–Crippen LogP) is 1.30. The SMILES string of the molecule is COC(=O)C1=C(C(=O)OC)N(c2ccc(C)c([N+](=O)[O-])c2)COC1. The van der Waals surface area contributed by atoms with Crippen LogP contribution in [0.15, 0.2) is 29.5 Å². The van der Waals surface area contributed by atoms with Crippen molar-refractivity contribution in [3.8, 4) is 0 Å². The third-order valence-electron chi connectivity index (χ3n) is 3.53. The van der Waals surface area contributed by atoms with Crippen LogP contribution in [0.3, 0.4) is 0 Å². The molecule has 0 aromatic heterocycles. The van der Waals surface area contributed by atoms with Crippen molar-refractivity contribution in [2.45, 2.75) is 6.92 Å². The fourth-order valence-electron chi connectivity index (χ4n) is 2.31. The number of ether oxygens (including phenoxy) is 3. The van der Waals surface area contributed by atoms with Crippen molar-refractivity contribution in [1.82, 2.24) is 0 Å². The zero-order chi connectivity index (χ0) is 17.9. The summed E-state index contributed by atoms with van der Waals surface area (Å²) in [6, 6.07) is 4.45. The van der Waals surface area contributed by atoms with Crippen molar-refractivity contribution >= 4 is 23.3 Å². The lowest BCUT2D eigenvalue weighted by Gasteiger charge is -2.31. The summed E-state index contributed by atoms with van der Waals surface area (Å²) in [7, 11) is 2.36. The summed E-state index contributed by atoms with van der Waals surface area (Å²) in [4.78, 5) is 36.0. The van der Waals surface area contributed by atoms with E-state index in [4.69, 9.17) is 9.47 Å². The Bertz CT molecular complexity index is 727. The van der Waals surface area contributed by atoms with E-state index in [0.29, 0.717) is 11.3 Å². The average molecular weight is 336 g/mol. The molecule has 0 atom stereocenters. The van der Waals surface area contributed by atoms with Crippen LogP contribution in [0, 0.1) is 17.0 Å². The molecule has 0 radical (unpaired) electrons. The van der Waals surface area contributed by atoms with Gasteiger partial charge in [-0.2, -0.15) is 0 Å². The molecule has 0 saturated heterocycles. The number of hydrogen-bond donors (Lipinski definition) is 0. The predicted molar refractivity (Wildman–Crippen MR) is 82.2 cm³/mol. The molecule has 1 aliphatic heterocycles. The number of rotatable bonds is 4. The number of carbonyl (C=O) groups excluding carboxylic acids is 2. The van der Waals surface area contributed by atoms with E-state index in [-0.39, 0.29) is 30.3 Å². The summed E-state index contributed by atoms with van der Waals surface area (Å²) in [5, 5.41) is 11.1. The average Bonchev–Trinajstić information content (AvgIpc) is 2.59. The number of esters is 2. The van der Waals surface area contributed by atoms with Gasteiger partial charge in [-0.3, -0.25) is 10.1 Å². The number of nitrogens with zero attached hydrogens (tertiary/aromatic N) is 2. The fraction of sp³-hybridized carbons (Fsp3) is 0.333. The molecular weight excluding hydrogens is 320 g/mol. The van der Waals surface area contributed by atoms with Crippen molar-refractivity contribution in [3.63, 3.8) is 0 Å². The van der Waals surface area contributed by atoms with Gasteiger partial charge in [0.2, 0.25) is 0 Å².